The molecule has 1 aliphatic carbocycles. The molecular weight excluding hydrogens is 357 g/mol. The molecule has 0 radical (unpaired) electrons. The van der Waals surface area contributed by atoms with E-state index in [0.717, 1.165) is 23.9 Å². The summed E-state index contributed by atoms with van der Waals surface area (Å²) >= 11 is 0. The van der Waals surface area contributed by atoms with E-state index in [-0.39, 0.29) is 11.6 Å². The zero-order valence-electron chi connectivity index (χ0n) is 16.0. The fourth-order valence-corrected chi connectivity index (χ4v) is 3.26. The lowest BCUT2D eigenvalue weighted by molar-refractivity contribution is 0.103. The molecule has 28 heavy (non-hydrogen) atoms. The van der Waals surface area contributed by atoms with Gasteiger partial charge in [0.05, 0.1) is 17.0 Å². The number of rotatable bonds is 7. The summed E-state index contributed by atoms with van der Waals surface area (Å²) in [5, 5.41) is 7.38. The van der Waals surface area contributed by atoms with Gasteiger partial charge in [0.1, 0.15) is 17.3 Å². The molecule has 0 atom stereocenters. The van der Waals surface area contributed by atoms with Crippen LogP contribution in [-0.2, 0) is 7.05 Å². The Morgan fingerprint density at radius 2 is 2.07 bits per heavy atom. The SMILES string of the molecule is C=C(NCC1CC1)c1cc(C(=O)c2c(-c3ccc(F)cc3)noc2C)cn1C. The number of carbonyl (C=O) groups is 1. The standard InChI is InChI=1S/C22H22FN3O2/c1-13(24-11-15-4-5-15)19-10-17(12-26(19)3)22(27)20-14(2)28-25-21(20)16-6-8-18(23)9-7-16/h6-10,12,15,24H,1,4-5,11H2,2-3H3. The van der Waals surface area contributed by atoms with Crippen LogP contribution >= 0.6 is 0 Å². The van der Waals surface area contributed by atoms with Gasteiger partial charge in [-0.1, -0.05) is 11.7 Å². The molecule has 1 aliphatic rings. The van der Waals surface area contributed by atoms with Gasteiger partial charge in [0.25, 0.3) is 0 Å². The molecule has 1 aromatic carbocycles. The molecular formula is C22H22FN3O2. The van der Waals surface area contributed by atoms with Gasteiger partial charge in [0.2, 0.25) is 0 Å². The van der Waals surface area contributed by atoms with Crippen LogP contribution in [0, 0.1) is 18.7 Å². The van der Waals surface area contributed by atoms with Crippen molar-refractivity contribution in [2.45, 2.75) is 19.8 Å². The number of nitrogens with one attached hydrogen (secondary N) is 1. The first-order valence-electron chi connectivity index (χ1n) is 9.30. The van der Waals surface area contributed by atoms with E-state index in [9.17, 15) is 9.18 Å². The van der Waals surface area contributed by atoms with Gasteiger partial charge in [-0.2, -0.15) is 0 Å². The van der Waals surface area contributed by atoms with Crippen molar-refractivity contribution in [2.24, 2.45) is 13.0 Å². The average molecular weight is 379 g/mol. The van der Waals surface area contributed by atoms with Crippen molar-refractivity contribution in [3.05, 3.63) is 71.5 Å². The van der Waals surface area contributed by atoms with E-state index in [1.807, 2.05) is 17.7 Å². The first-order valence-corrected chi connectivity index (χ1v) is 9.30. The molecule has 0 spiro atoms. The van der Waals surface area contributed by atoms with Crippen molar-refractivity contribution in [1.29, 1.82) is 0 Å². The summed E-state index contributed by atoms with van der Waals surface area (Å²) in [6, 6.07) is 7.67. The van der Waals surface area contributed by atoms with E-state index in [0.29, 0.717) is 28.1 Å². The van der Waals surface area contributed by atoms with Crippen LogP contribution < -0.4 is 5.32 Å². The van der Waals surface area contributed by atoms with Crippen LogP contribution in [0.1, 0.15) is 40.2 Å². The largest absolute Gasteiger partial charge is 0.384 e. The molecule has 1 saturated carbocycles. The normalized spacial score (nSPS) is 13.5. The summed E-state index contributed by atoms with van der Waals surface area (Å²) in [5.74, 6) is 0.633. The monoisotopic (exact) mass is 379 g/mol. The number of ketones is 1. The van der Waals surface area contributed by atoms with Gasteiger partial charge >= 0.3 is 0 Å². The molecule has 0 unspecified atom stereocenters. The second kappa shape index (κ2) is 7.11. The van der Waals surface area contributed by atoms with Crippen molar-refractivity contribution in [3.63, 3.8) is 0 Å². The van der Waals surface area contributed by atoms with Gasteiger partial charge in [0, 0.05) is 30.9 Å². The predicted molar refractivity (Wildman–Crippen MR) is 105 cm³/mol. The van der Waals surface area contributed by atoms with E-state index >= 15 is 0 Å². The molecule has 4 rings (SSSR count). The van der Waals surface area contributed by atoms with Gasteiger partial charge in [-0.15, -0.1) is 0 Å². The third kappa shape index (κ3) is 3.50. The molecule has 144 valence electrons. The molecule has 0 amide bonds. The van der Waals surface area contributed by atoms with Gasteiger partial charge in [-0.25, -0.2) is 4.39 Å². The van der Waals surface area contributed by atoms with Crippen LogP contribution in [0.3, 0.4) is 0 Å². The Kier molecular flexibility index (Phi) is 4.63. The Balaban J connectivity index is 1.63. The third-order valence-corrected chi connectivity index (χ3v) is 5.08. The molecule has 0 bridgehead atoms. The maximum Gasteiger partial charge on any atom is 0.200 e. The van der Waals surface area contributed by atoms with Crippen LogP contribution in [0.5, 0.6) is 0 Å². The summed E-state index contributed by atoms with van der Waals surface area (Å²) in [7, 11) is 1.89. The Labute approximate surface area is 162 Å². The minimum absolute atomic E-state index is 0.185. The van der Waals surface area contributed by atoms with Crippen LogP contribution in [0.2, 0.25) is 0 Å². The van der Waals surface area contributed by atoms with Crippen molar-refractivity contribution in [1.82, 2.24) is 15.0 Å². The highest BCUT2D eigenvalue weighted by atomic mass is 19.1. The second-order valence-corrected chi connectivity index (χ2v) is 7.33. The van der Waals surface area contributed by atoms with Crippen molar-refractivity contribution >= 4 is 11.5 Å². The Morgan fingerprint density at radius 3 is 2.75 bits per heavy atom. The highest BCUT2D eigenvalue weighted by Gasteiger charge is 2.25. The summed E-state index contributed by atoms with van der Waals surface area (Å²) < 4.78 is 20.4. The van der Waals surface area contributed by atoms with E-state index < -0.39 is 0 Å². The molecule has 2 aromatic heterocycles. The summed E-state index contributed by atoms with van der Waals surface area (Å²) in [6.07, 6.45) is 4.30. The van der Waals surface area contributed by atoms with Gasteiger partial charge in [0.15, 0.2) is 5.78 Å². The van der Waals surface area contributed by atoms with Crippen molar-refractivity contribution < 1.29 is 13.7 Å². The van der Waals surface area contributed by atoms with Crippen LogP contribution in [0.4, 0.5) is 4.39 Å². The fraction of sp³-hybridized carbons (Fsp3) is 0.273. The summed E-state index contributed by atoms with van der Waals surface area (Å²) in [5.41, 5.74) is 3.63. The van der Waals surface area contributed by atoms with Crippen LogP contribution in [0.25, 0.3) is 17.0 Å². The van der Waals surface area contributed by atoms with E-state index in [4.69, 9.17) is 4.52 Å². The van der Waals surface area contributed by atoms with Crippen LogP contribution in [0.15, 0.2) is 47.6 Å². The fourth-order valence-electron chi connectivity index (χ4n) is 3.26. The highest BCUT2D eigenvalue weighted by molar-refractivity contribution is 6.13. The number of benzene rings is 1. The lowest BCUT2D eigenvalue weighted by Crippen LogP contribution is -2.15. The molecule has 0 saturated heterocycles. The highest BCUT2D eigenvalue weighted by Crippen LogP contribution is 2.30. The maximum atomic E-state index is 13.2. The van der Waals surface area contributed by atoms with Gasteiger partial charge < -0.3 is 14.4 Å². The van der Waals surface area contributed by atoms with Crippen molar-refractivity contribution in [2.75, 3.05) is 6.54 Å². The number of aromatic nitrogens is 2. The second-order valence-electron chi connectivity index (χ2n) is 7.33. The maximum absolute atomic E-state index is 13.2. The zero-order valence-corrected chi connectivity index (χ0v) is 16.0. The van der Waals surface area contributed by atoms with E-state index in [1.54, 1.807) is 25.3 Å². The number of halogens is 1. The Bertz CT molecular complexity index is 1040. The third-order valence-electron chi connectivity index (χ3n) is 5.08. The zero-order chi connectivity index (χ0) is 19.8. The molecule has 0 aliphatic heterocycles. The molecule has 3 aromatic rings. The Morgan fingerprint density at radius 1 is 1.36 bits per heavy atom. The van der Waals surface area contributed by atoms with Gasteiger partial charge in [-0.3, -0.25) is 4.79 Å². The molecule has 2 heterocycles. The average Bonchev–Trinajstić information content (AvgIpc) is 3.31. The van der Waals surface area contributed by atoms with Crippen LogP contribution in [-0.4, -0.2) is 22.1 Å². The minimum atomic E-state index is -0.346. The first kappa shape index (κ1) is 18.2. The molecule has 6 heteroatoms. The number of hydrogen-bond acceptors (Lipinski definition) is 4. The quantitative estimate of drug-likeness (QED) is 0.621. The smallest absolute Gasteiger partial charge is 0.200 e. The topological polar surface area (TPSA) is 60.1 Å². The Hall–Kier alpha value is -3.15. The summed E-state index contributed by atoms with van der Waals surface area (Å²) in [4.78, 5) is 13.2. The van der Waals surface area contributed by atoms with E-state index in [1.165, 1.54) is 25.0 Å². The number of carbonyl (C=O) groups excluding carboxylic acids is 1. The first-order chi connectivity index (χ1) is 13.4. The van der Waals surface area contributed by atoms with Crippen molar-refractivity contribution in [3.8, 4) is 11.3 Å². The minimum Gasteiger partial charge on any atom is -0.384 e. The molecule has 1 fully saturated rings. The molecule has 5 nitrogen and oxygen atoms in total. The summed E-state index contributed by atoms with van der Waals surface area (Å²) in [6.45, 7) is 6.71. The van der Waals surface area contributed by atoms with E-state index in [2.05, 4.69) is 17.1 Å². The van der Waals surface area contributed by atoms with Gasteiger partial charge in [-0.05, 0) is 56.0 Å². The number of aryl methyl sites for hydroxylation is 2. The number of nitrogens with zero attached hydrogens (tertiary/aromatic N) is 2. The lowest BCUT2D eigenvalue weighted by atomic mass is 9.99. The lowest BCUT2D eigenvalue weighted by Gasteiger charge is -2.09. The number of hydrogen-bond donors (Lipinski definition) is 1. The molecule has 1 N–H and O–H groups in total. The predicted octanol–water partition coefficient (Wildman–Crippen LogP) is 4.33.